The molecule has 0 aromatic heterocycles. The van der Waals surface area contributed by atoms with Crippen molar-refractivity contribution in [1.29, 1.82) is 0 Å². The van der Waals surface area contributed by atoms with Gasteiger partial charge in [-0.3, -0.25) is 0 Å². The van der Waals surface area contributed by atoms with Crippen LogP contribution in [0.1, 0.15) is 59.3 Å². The number of hydrogen-bond acceptors (Lipinski definition) is 3. The maximum atomic E-state index is 11.6. The maximum absolute atomic E-state index is 11.6. The summed E-state index contributed by atoms with van der Waals surface area (Å²) >= 11 is 0. The van der Waals surface area contributed by atoms with Gasteiger partial charge in [-0.2, -0.15) is 0 Å². The van der Waals surface area contributed by atoms with E-state index in [2.05, 4.69) is 5.32 Å². The Bertz CT molecular complexity index is 320. The van der Waals surface area contributed by atoms with Gasteiger partial charge in [-0.05, 0) is 70.6 Å². The zero-order valence-electron chi connectivity index (χ0n) is 12.5. The van der Waals surface area contributed by atoms with Crippen molar-refractivity contribution in [2.45, 2.75) is 70.9 Å². The third-order valence-corrected chi connectivity index (χ3v) is 4.49. The molecule has 2 fully saturated rings. The van der Waals surface area contributed by atoms with Crippen LogP contribution in [0.5, 0.6) is 0 Å². The molecular formula is C15H28N2O2. The Morgan fingerprint density at radius 3 is 2.37 bits per heavy atom. The lowest BCUT2D eigenvalue weighted by Gasteiger charge is -2.50. The second kappa shape index (κ2) is 5.31. The van der Waals surface area contributed by atoms with Crippen LogP contribution in [-0.4, -0.2) is 24.3 Å². The minimum absolute atomic E-state index is 0.293. The molecule has 0 unspecified atom stereocenters. The fourth-order valence-electron chi connectivity index (χ4n) is 3.50. The van der Waals surface area contributed by atoms with E-state index in [9.17, 15) is 4.79 Å². The molecule has 1 spiro atoms. The first-order chi connectivity index (χ1) is 8.78. The SMILES string of the molecule is CC(C)(C)OC(=O)NCC1CCC2(CC1)CC(N)C2. The highest BCUT2D eigenvalue weighted by Gasteiger charge is 2.44. The van der Waals surface area contributed by atoms with E-state index in [4.69, 9.17) is 10.5 Å². The van der Waals surface area contributed by atoms with Crippen LogP contribution in [0.25, 0.3) is 0 Å². The molecule has 0 aromatic carbocycles. The van der Waals surface area contributed by atoms with Gasteiger partial charge in [-0.1, -0.05) is 0 Å². The summed E-state index contributed by atoms with van der Waals surface area (Å²) in [6.07, 6.45) is 7.10. The summed E-state index contributed by atoms with van der Waals surface area (Å²) < 4.78 is 5.25. The Kier molecular flexibility index (Phi) is 4.09. The standard InChI is InChI=1S/C15H28N2O2/c1-14(2,3)19-13(18)17-10-11-4-6-15(7-5-11)8-12(16)9-15/h11-12H,4-10,16H2,1-3H3,(H,17,18). The van der Waals surface area contributed by atoms with E-state index in [0.29, 0.717) is 17.4 Å². The van der Waals surface area contributed by atoms with E-state index in [-0.39, 0.29) is 6.09 Å². The van der Waals surface area contributed by atoms with Gasteiger partial charge in [0.2, 0.25) is 0 Å². The molecule has 0 bridgehead atoms. The molecular weight excluding hydrogens is 240 g/mol. The minimum Gasteiger partial charge on any atom is -0.444 e. The number of carbonyl (C=O) groups excluding carboxylic acids is 1. The fourth-order valence-corrected chi connectivity index (χ4v) is 3.50. The van der Waals surface area contributed by atoms with Crippen LogP contribution in [0.2, 0.25) is 0 Å². The molecule has 2 aliphatic rings. The lowest BCUT2D eigenvalue weighted by molar-refractivity contribution is 0.0325. The normalized spacial score (nSPS) is 34.7. The lowest BCUT2D eigenvalue weighted by Crippen LogP contribution is -2.48. The molecule has 2 aliphatic carbocycles. The predicted molar refractivity (Wildman–Crippen MR) is 75.8 cm³/mol. The predicted octanol–water partition coefficient (Wildman–Crippen LogP) is 2.81. The van der Waals surface area contributed by atoms with Crippen LogP contribution in [0.15, 0.2) is 0 Å². The van der Waals surface area contributed by atoms with Crippen molar-refractivity contribution in [3.63, 3.8) is 0 Å². The number of amides is 1. The maximum Gasteiger partial charge on any atom is 0.407 e. The molecule has 4 nitrogen and oxygen atoms in total. The van der Waals surface area contributed by atoms with Crippen LogP contribution < -0.4 is 11.1 Å². The van der Waals surface area contributed by atoms with Gasteiger partial charge in [0.15, 0.2) is 0 Å². The molecule has 0 heterocycles. The highest BCUT2D eigenvalue weighted by atomic mass is 16.6. The smallest absolute Gasteiger partial charge is 0.407 e. The molecule has 1 amide bonds. The van der Waals surface area contributed by atoms with Crippen LogP contribution in [0, 0.1) is 11.3 Å². The summed E-state index contributed by atoms with van der Waals surface area (Å²) in [6, 6.07) is 0.441. The number of alkyl carbamates (subject to hydrolysis) is 1. The van der Waals surface area contributed by atoms with Crippen molar-refractivity contribution >= 4 is 6.09 Å². The molecule has 0 aromatic rings. The van der Waals surface area contributed by atoms with E-state index in [0.717, 1.165) is 6.54 Å². The summed E-state index contributed by atoms with van der Waals surface area (Å²) in [4.78, 5) is 11.6. The first-order valence-electron chi connectivity index (χ1n) is 7.50. The Morgan fingerprint density at radius 1 is 1.32 bits per heavy atom. The first kappa shape index (κ1) is 14.6. The van der Waals surface area contributed by atoms with E-state index < -0.39 is 5.60 Å². The molecule has 0 atom stereocenters. The van der Waals surface area contributed by atoms with Gasteiger partial charge in [0.25, 0.3) is 0 Å². The number of ether oxygens (including phenoxy) is 1. The summed E-state index contributed by atoms with van der Waals surface area (Å²) in [5.41, 5.74) is 6.05. The van der Waals surface area contributed by atoms with Crippen LogP contribution in [-0.2, 0) is 4.74 Å². The van der Waals surface area contributed by atoms with Crippen LogP contribution in [0.4, 0.5) is 4.79 Å². The summed E-state index contributed by atoms with van der Waals surface area (Å²) in [5, 5.41) is 2.90. The van der Waals surface area contributed by atoms with Crippen molar-refractivity contribution in [3.8, 4) is 0 Å². The quantitative estimate of drug-likeness (QED) is 0.809. The lowest BCUT2D eigenvalue weighted by atomic mass is 9.57. The molecule has 0 saturated heterocycles. The zero-order chi connectivity index (χ0) is 14.1. The minimum atomic E-state index is -0.414. The van der Waals surface area contributed by atoms with Gasteiger partial charge in [-0.15, -0.1) is 0 Å². The first-order valence-corrected chi connectivity index (χ1v) is 7.50. The van der Waals surface area contributed by atoms with Crippen molar-refractivity contribution in [2.24, 2.45) is 17.1 Å². The average molecular weight is 268 g/mol. The van der Waals surface area contributed by atoms with Crippen molar-refractivity contribution in [1.82, 2.24) is 5.32 Å². The number of nitrogens with one attached hydrogen (secondary N) is 1. The molecule has 2 rings (SSSR count). The Labute approximate surface area is 116 Å². The van der Waals surface area contributed by atoms with Gasteiger partial charge in [0.1, 0.15) is 5.60 Å². The van der Waals surface area contributed by atoms with Gasteiger partial charge in [0.05, 0.1) is 0 Å². The average Bonchev–Trinajstić information content (AvgIpc) is 2.24. The third-order valence-electron chi connectivity index (χ3n) is 4.49. The highest BCUT2D eigenvalue weighted by Crippen LogP contribution is 2.51. The molecule has 2 saturated carbocycles. The Morgan fingerprint density at radius 2 is 1.89 bits per heavy atom. The monoisotopic (exact) mass is 268 g/mol. The van der Waals surface area contributed by atoms with Crippen LogP contribution in [0.3, 0.4) is 0 Å². The number of hydrogen-bond donors (Lipinski definition) is 2. The number of rotatable bonds is 2. The number of nitrogens with two attached hydrogens (primary N) is 1. The Balaban J connectivity index is 1.65. The van der Waals surface area contributed by atoms with E-state index in [1.54, 1.807) is 0 Å². The van der Waals surface area contributed by atoms with Gasteiger partial charge in [-0.25, -0.2) is 4.79 Å². The van der Waals surface area contributed by atoms with Crippen molar-refractivity contribution in [3.05, 3.63) is 0 Å². The van der Waals surface area contributed by atoms with Gasteiger partial charge < -0.3 is 15.8 Å². The fraction of sp³-hybridized carbons (Fsp3) is 0.933. The van der Waals surface area contributed by atoms with Crippen molar-refractivity contribution < 1.29 is 9.53 Å². The highest BCUT2D eigenvalue weighted by molar-refractivity contribution is 5.67. The van der Waals surface area contributed by atoms with Gasteiger partial charge >= 0.3 is 6.09 Å². The third kappa shape index (κ3) is 4.10. The Hall–Kier alpha value is -0.770. The van der Waals surface area contributed by atoms with Gasteiger partial charge in [0, 0.05) is 12.6 Å². The summed E-state index contributed by atoms with van der Waals surface area (Å²) in [6.45, 7) is 6.40. The molecule has 19 heavy (non-hydrogen) atoms. The summed E-state index contributed by atoms with van der Waals surface area (Å²) in [5.74, 6) is 0.606. The second-order valence-electron chi connectivity index (χ2n) is 7.49. The number of carbonyl (C=O) groups is 1. The van der Waals surface area contributed by atoms with Crippen LogP contribution >= 0.6 is 0 Å². The molecule has 4 heteroatoms. The topological polar surface area (TPSA) is 64.3 Å². The van der Waals surface area contributed by atoms with E-state index in [1.165, 1.54) is 38.5 Å². The molecule has 3 N–H and O–H groups in total. The summed E-state index contributed by atoms with van der Waals surface area (Å²) in [7, 11) is 0. The zero-order valence-corrected chi connectivity index (χ0v) is 12.5. The van der Waals surface area contributed by atoms with E-state index in [1.807, 2.05) is 20.8 Å². The molecule has 0 aliphatic heterocycles. The molecule has 110 valence electrons. The molecule has 0 radical (unpaired) electrons. The van der Waals surface area contributed by atoms with Crippen molar-refractivity contribution in [2.75, 3.05) is 6.54 Å². The second-order valence-corrected chi connectivity index (χ2v) is 7.49. The van der Waals surface area contributed by atoms with E-state index >= 15 is 0 Å². The largest absolute Gasteiger partial charge is 0.444 e.